The van der Waals surface area contributed by atoms with Crippen LogP contribution in [0.1, 0.15) is 6.42 Å². The largest absolute Gasteiger partial charge is 0.314 e. The summed E-state index contributed by atoms with van der Waals surface area (Å²) in [5, 5.41) is 3.38. The van der Waals surface area contributed by atoms with Gasteiger partial charge in [-0.25, -0.2) is 0 Å². The van der Waals surface area contributed by atoms with E-state index in [0.717, 1.165) is 6.04 Å². The van der Waals surface area contributed by atoms with E-state index in [1.807, 2.05) is 0 Å². The first-order valence-corrected chi connectivity index (χ1v) is 4.99. The first kappa shape index (κ1) is 8.48. The van der Waals surface area contributed by atoms with Gasteiger partial charge in [-0.15, -0.1) is 0 Å². The molecule has 0 bridgehead atoms. The number of piperazine rings is 1. The zero-order chi connectivity index (χ0) is 8.39. The summed E-state index contributed by atoms with van der Waals surface area (Å²) in [5.74, 6) is 0. The molecule has 0 aromatic rings. The average Bonchev–Trinajstić information content (AvgIpc) is 2.14. The van der Waals surface area contributed by atoms with Crippen LogP contribution >= 0.6 is 0 Å². The quantitative estimate of drug-likeness (QED) is 0.606. The van der Waals surface area contributed by atoms with Gasteiger partial charge < -0.3 is 10.2 Å². The van der Waals surface area contributed by atoms with Crippen molar-refractivity contribution in [2.45, 2.75) is 12.5 Å². The molecule has 0 aliphatic carbocycles. The lowest BCUT2D eigenvalue weighted by Crippen LogP contribution is -2.54. The number of nitrogens with zero attached hydrogens (tertiary/aromatic N) is 2. The Hall–Kier alpha value is -0.120. The number of likely N-dealkylation sites (tertiary alicyclic amines) is 1. The van der Waals surface area contributed by atoms with E-state index < -0.39 is 0 Å². The number of nitrogens with one attached hydrogen (secondary N) is 1. The van der Waals surface area contributed by atoms with E-state index in [1.54, 1.807) is 0 Å². The topological polar surface area (TPSA) is 18.5 Å². The highest BCUT2D eigenvalue weighted by Crippen LogP contribution is 2.15. The molecule has 1 N–H and O–H groups in total. The van der Waals surface area contributed by atoms with Gasteiger partial charge in [0.25, 0.3) is 0 Å². The third-order valence-corrected chi connectivity index (χ3v) is 3.12. The minimum Gasteiger partial charge on any atom is -0.314 e. The number of hydrogen-bond donors (Lipinski definition) is 1. The van der Waals surface area contributed by atoms with Gasteiger partial charge in [-0.3, -0.25) is 4.90 Å². The van der Waals surface area contributed by atoms with Crippen molar-refractivity contribution in [1.82, 2.24) is 15.1 Å². The molecule has 0 saturated carbocycles. The van der Waals surface area contributed by atoms with Crippen molar-refractivity contribution in [3.05, 3.63) is 0 Å². The van der Waals surface area contributed by atoms with Crippen LogP contribution < -0.4 is 5.32 Å². The van der Waals surface area contributed by atoms with Gasteiger partial charge in [-0.2, -0.15) is 0 Å². The molecule has 2 aliphatic heterocycles. The van der Waals surface area contributed by atoms with Crippen LogP contribution in [0.3, 0.4) is 0 Å². The molecule has 0 radical (unpaired) electrons. The van der Waals surface area contributed by atoms with Crippen LogP contribution in [0.2, 0.25) is 0 Å². The summed E-state index contributed by atoms with van der Waals surface area (Å²) < 4.78 is 0. The Kier molecular flexibility index (Phi) is 2.63. The third-order valence-electron chi connectivity index (χ3n) is 3.12. The van der Waals surface area contributed by atoms with Crippen LogP contribution in [0.5, 0.6) is 0 Å². The predicted octanol–water partition coefficient (Wildman–Crippen LogP) is -0.404. The van der Waals surface area contributed by atoms with Gasteiger partial charge in [0.05, 0.1) is 0 Å². The minimum absolute atomic E-state index is 0.850. The molecule has 1 atom stereocenters. The van der Waals surface area contributed by atoms with E-state index in [9.17, 15) is 0 Å². The van der Waals surface area contributed by atoms with Crippen LogP contribution in [0.4, 0.5) is 0 Å². The van der Waals surface area contributed by atoms with Crippen molar-refractivity contribution >= 4 is 0 Å². The second kappa shape index (κ2) is 3.73. The maximum atomic E-state index is 3.38. The number of rotatable bonds is 2. The molecule has 2 aliphatic rings. The van der Waals surface area contributed by atoms with Crippen LogP contribution in [0.25, 0.3) is 0 Å². The molecule has 1 unspecified atom stereocenters. The van der Waals surface area contributed by atoms with E-state index in [-0.39, 0.29) is 0 Å². The zero-order valence-corrected chi connectivity index (χ0v) is 7.92. The van der Waals surface area contributed by atoms with E-state index in [2.05, 4.69) is 22.2 Å². The molecular formula is C9H19N3. The molecule has 2 heterocycles. The smallest absolute Gasteiger partial charge is 0.0232 e. The van der Waals surface area contributed by atoms with Crippen LogP contribution in [-0.2, 0) is 0 Å². The van der Waals surface area contributed by atoms with Crippen molar-refractivity contribution in [3.8, 4) is 0 Å². The van der Waals surface area contributed by atoms with Crippen molar-refractivity contribution in [3.63, 3.8) is 0 Å². The molecule has 2 saturated heterocycles. The molecule has 0 amide bonds. The molecule has 3 nitrogen and oxygen atoms in total. The maximum Gasteiger partial charge on any atom is 0.0232 e. The highest BCUT2D eigenvalue weighted by molar-refractivity contribution is 4.83. The average molecular weight is 169 g/mol. The highest BCUT2D eigenvalue weighted by Gasteiger charge is 2.26. The molecule has 2 rings (SSSR count). The normalized spacial score (nSPS) is 33.2. The Morgan fingerprint density at radius 1 is 1.25 bits per heavy atom. The van der Waals surface area contributed by atoms with Gasteiger partial charge in [0.15, 0.2) is 0 Å². The summed E-state index contributed by atoms with van der Waals surface area (Å²) in [6.45, 7) is 7.43. The summed E-state index contributed by atoms with van der Waals surface area (Å²) in [5.41, 5.74) is 0. The van der Waals surface area contributed by atoms with Crippen LogP contribution in [0, 0.1) is 0 Å². The van der Waals surface area contributed by atoms with Gasteiger partial charge >= 0.3 is 0 Å². The summed E-state index contributed by atoms with van der Waals surface area (Å²) >= 11 is 0. The zero-order valence-electron chi connectivity index (χ0n) is 7.92. The molecular weight excluding hydrogens is 150 g/mol. The Bertz CT molecular complexity index is 143. The van der Waals surface area contributed by atoms with Crippen LogP contribution in [-0.4, -0.2) is 62.2 Å². The molecule has 0 aromatic heterocycles. The van der Waals surface area contributed by atoms with E-state index in [1.165, 1.54) is 45.7 Å². The Labute approximate surface area is 74.7 Å². The Balaban J connectivity index is 1.70. The van der Waals surface area contributed by atoms with Gasteiger partial charge in [0.1, 0.15) is 0 Å². The molecule has 3 heteroatoms. The molecule has 12 heavy (non-hydrogen) atoms. The Morgan fingerprint density at radius 2 is 2.00 bits per heavy atom. The molecule has 0 aromatic carbocycles. The first-order chi connectivity index (χ1) is 5.86. The van der Waals surface area contributed by atoms with Crippen molar-refractivity contribution in [2.24, 2.45) is 0 Å². The highest BCUT2D eigenvalue weighted by atomic mass is 15.3. The van der Waals surface area contributed by atoms with Gasteiger partial charge in [-0.05, 0) is 20.0 Å². The van der Waals surface area contributed by atoms with Crippen molar-refractivity contribution in [2.75, 3.05) is 46.3 Å². The monoisotopic (exact) mass is 169 g/mol. The summed E-state index contributed by atoms with van der Waals surface area (Å²) in [6.07, 6.45) is 1.40. The van der Waals surface area contributed by atoms with Gasteiger partial charge in [-0.1, -0.05) is 0 Å². The number of likely N-dealkylation sites (N-methyl/N-ethyl adjacent to an activating group) is 1. The molecule has 70 valence electrons. The lowest BCUT2D eigenvalue weighted by Gasteiger charge is -2.41. The fourth-order valence-corrected chi connectivity index (χ4v) is 1.99. The number of hydrogen-bond acceptors (Lipinski definition) is 3. The Morgan fingerprint density at radius 3 is 2.50 bits per heavy atom. The lowest BCUT2D eigenvalue weighted by molar-refractivity contribution is 0.0774. The standard InChI is InChI=1S/C9H19N3/c1-11-5-2-9(11)8-12-6-3-10-4-7-12/h9-10H,2-8H2,1H3. The van der Waals surface area contributed by atoms with Crippen molar-refractivity contribution in [1.29, 1.82) is 0 Å². The SMILES string of the molecule is CN1CCC1CN1CCNCC1. The summed E-state index contributed by atoms with van der Waals surface area (Å²) in [6, 6.07) is 0.850. The lowest BCUT2D eigenvalue weighted by atomic mass is 10.0. The molecule has 2 fully saturated rings. The predicted molar refractivity (Wildman–Crippen MR) is 50.3 cm³/mol. The fraction of sp³-hybridized carbons (Fsp3) is 1.00. The second-order valence-corrected chi connectivity index (χ2v) is 3.97. The van der Waals surface area contributed by atoms with Crippen molar-refractivity contribution < 1.29 is 0 Å². The molecule has 0 spiro atoms. The summed E-state index contributed by atoms with van der Waals surface area (Å²) in [7, 11) is 2.23. The van der Waals surface area contributed by atoms with E-state index >= 15 is 0 Å². The van der Waals surface area contributed by atoms with Gasteiger partial charge in [0.2, 0.25) is 0 Å². The van der Waals surface area contributed by atoms with E-state index in [4.69, 9.17) is 0 Å². The van der Waals surface area contributed by atoms with Crippen LogP contribution in [0.15, 0.2) is 0 Å². The first-order valence-electron chi connectivity index (χ1n) is 4.99. The minimum atomic E-state index is 0.850. The van der Waals surface area contributed by atoms with E-state index in [0.29, 0.717) is 0 Å². The van der Waals surface area contributed by atoms with Gasteiger partial charge in [0, 0.05) is 38.8 Å². The fourth-order valence-electron chi connectivity index (χ4n) is 1.99. The second-order valence-electron chi connectivity index (χ2n) is 3.97. The summed E-state index contributed by atoms with van der Waals surface area (Å²) in [4.78, 5) is 5.04. The third kappa shape index (κ3) is 1.79. The maximum absolute atomic E-state index is 3.38.